The molecule has 0 bridgehead atoms. The third-order valence-electron chi connectivity index (χ3n) is 3.91. The van der Waals surface area contributed by atoms with Gasteiger partial charge in [-0.05, 0) is 40.2 Å². The van der Waals surface area contributed by atoms with Crippen LogP contribution in [-0.2, 0) is 0 Å². The number of ether oxygens (including phenoxy) is 3. The molecule has 0 radical (unpaired) electrons. The number of nitrogens with zero attached hydrogens (tertiary/aromatic N) is 2. The number of nitrogens with one attached hydrogen (secondary N) is 2. The standard InChI is InChI=1S/C19H15BrN4O4/c1-21-17(25)12-4-2-3-5-14(12)28-18-13(20)9-22-19(24-18)23-11-6-7-15-16(8-11)27-10-26-15/h2-9H,10H2,1H3,(H,21,25)(H,22,23,24). The van der Waals surface area contributed by atoms with E-state index in [1.165, 1.54) is 0 Å². The molecule has 1 aliphatic heterocycles. The highest BCUT2D eigenvalue weighted by Gasteiger charge is 2.16. The lowest BCUT2D eigenvalue weighted by Gasteiger charge is -2.12. The van der Waals surface area contributed by atoms with Crippen molar-refractivity contribution in [3.05, 3.63) is 58.7 Å². The van der Waals surface area contributed by atoms with Crippen LogP contribution < -0.4 is 24.8 Å². The van der Waals surface area contributed by atoms with E-state index in [1.54, 1.807) is 49.6 Å². The van der Waals surface area contributed by atoms with Crippen molar-refractivity contribution in [2.75, 3.05) is 19.2 Å². The van der Waals surface area contributed by atoms with E-state index in [0.29, 0.717) is 33.2 Å². The fourth-order valence-corrected chi connectivity index (χ4v) is 2.84. The zero-order valence-corrected chi connectivity index (χ0v) is 16.3. The summed E-state index contributed by atoms with van der Waals surface area (Å²) < 4.78 is 17.1. The van der Waals surface area contributed by atoms with Gasteiger partial charge < -0.3 is 24.8 Å². The maximum absolute atomic E-state index is 12.0. The normalized spacial score (nSPS) is 11.8. The number of hydrogen-bond acceptors (Lipinski definition) is 7. The first-order valence-corrected chi connectivity index (χ1v) is 9.11. The van der Waals surface area contributed by atoms with Crippen molar-refractivity contribution in [2.24, 2.45) is 0 Å². The first-order chi connectivity index (χ1) is 13.6. The van der Waals surface area contributed by atoms with E-state index in [0.717, 1.165) is 5.69 Å². The van der Waals surface area contributed by atoms with Crippen molar-refractivity contribution in [3.63, 3.8) is 0 Å². The Labute approximate surface area is 169 Å². The van der Waals surface area contributed by atoms with Gasteiger partial charge in [-0.15, -0.1) is 0 Å². The van der Waals surface area contributed by atoms with Crippen LogP contribution >= 0.6 is 15.9 Å². The van der Waals surface area contributed by atoms with Gasteiger partial charge in [-0.3, -0.25) is 4.79 Å². The van der Waals surface area contributed by atoms with Crippen LogP contribution in [-0.4, -0.2) is 29.7 Å². The Morgan fingerprint density at radius 3 is 2.86 bits per heavy atom. The zero-order chi connectivity index (χ0) is 19.5. The van der Waals surface area contributed by atoms with Gasteiger partial charge in [0.2, 0.25) is 18.6 Å². The second-order valence-electron chi connectivity index (χ2n) is 5.72. The molecule has 28 heavy (non-hydrogen) atoms. The highest BCUT2D eigenvalue weighted by atomic mass is 79.9. The summed E-state index contributed by atoms with van der Waals surface area (Å²) >= 11 is 3.38. The van der Waals surface area contributed by atoms with E-state index in [9.17, 15) is 4.79 Å². The number of rotatable bonds is 5. The number of benzene rings is 2. The smallest absolute Gasteiger partial charge is 0.254 e. The minimum absolute atomic E-state index is 0.205. The van der Waals surface area contributed by atoms with Gasteiger partial charge in [0, 0.05) is 18.8 Å². The van der Waals surface area contributed by atoms with E-state index in [-0.39, 0.29) is 18.6 Å². The molecule has 2 aromatic carbocycles. The molecule has 0 spiro atoms. The molecular weight excluding hydrogens is 428 g/mol. The van der Waals surface area contributed by atoms with Crippen molar-refractivity contribution in [3.8, 4) is 23.1 Å². The summed E-state index contributed by atoms with van der Waals surface area (Å²) in [6.45, 7) is 0.205. The molecule has 2 N–H and O–H groups in total. The molecule has 2 heterocycles. The lowest BCUT2D eigenvalue weighted by molar-refractivity contribution is 0.0960. The van der Waals surface area contributed by atoms with E-state index in [1.807, 2.05) is 6.07 Å². The molecule has 8 nitrogen and oxygen atoms in total. The topological polar surface area (TPSA) is 94.6 Å². The van der Waals surface area contributed by atoms with Crippen LogP contribution in [0.25, 0.3) is 0 Å². The summed E-state index contributed by atoms with van der Waals surface area (Å²) in [7, 11) is 1.56. The van der Waals surface area contributed by atoms with Gasteiger partial charge in [-0.2, -0.15) is 4.98 Å². The fraction of sp³-hybridized carbons (Fsp3) is 0.105. The van der Waals surface area contributed by atoms with Crippen molar-refractivity contribution in [1.29, 1.82) is 0 Å². The molecule has 142 valence electrons. The quantitative estimate of drug-likeness (QED) is 0.619. The molecule has 9 heteroatoms. The molecule has 0 aliphatic carbocycles. The van der Waals surface area contributed by atoms with Crippen molar-refractivity contribution in [1.82, 2.24) is 15.3 Å². The zero-order valence-electron chi connectivity index (χ0n) is 14.7. The van der Waals surface area contributed by atoms with E-state index in [2.05, 4.69) is 36.5 Å². The van der Waals surface area contributed by atoms with Crippen LogP contribution in [0.4, 0.5) is 11.6 Å². The average molecular weight is 443 g/mol. The monoisotopic (exact) mass is 442 g/mol. The lowest BCUT2D eigenvalue weighted by Crippen LogP contribution is -2.18. The number of halogens is 1. The Hall–Kier alpha value is -3.33. The minimum atomic E-state index is -0.250. The Morgan fingerprint density at radius 1 is 1.18 bits per heavy atom. The predicted molar refractivity (Wildman–Crippen MR) is 105 cm³/mol. The molecule has 1 amide bonds. The van der Waals surface area contributed by atoms with Crippen molar-refractivity contribution >= 4 is 33.5 Å². The molecule has 3 aromatic rings. The second-order valence-corrected chi connectivity index (χ2v) is 6.57. The third kappa shape index (κ3) is 3.70. The van der Waals surface area contributed by atoms with Gasteiger partial charge in [0.1, 0.15) is 5.75 Å². The number of fused-ring (bicyclic) bond motifs is 1. The number of anilines is 2. The highest BCUT2D eigenvalue weighted by molar-refractivity contribution is 9.10. The molecule has 0 saturated carbocycles. The van der Waals surface area contributed by atoms with Gasteiger partial charge in [-0.25, -0.2) is 4.98 Å². The van der Waals surface area contributed by atoms with Crippen LogP contribution in [0.3, 0.4) is 0 Å². The summed E-state index contributed by atoms with van der Waals surface area (Å²) in [5.74, 6) is 2.08. The SMILES string of the molecule is CNC(=O)c1ccccc1Oc1nc(Nc2ccc3c(c2)OCO3)ncc1Br. The van der Waals surface area contributed by atoms with Gasteiger partial charge in [-0.1, -0.05) is 12.1 Å². The maximum Gasteiger partial charge on any atom is 0.254 e. The number of para-hydroxylation sites is 1. The van der Waals surface area contributed by atoms with Gasteiger partial charge in [0.15, 0.2) is 11.5 Å². The first kappa shape index (κ1) is 18.1. The second kappa shape index (κ2) is 7.73. The summed E-state index contributed by atoms with van der Waals surface area (Å²) in [5, 5.41) is 5.69. The maximum atomic E-state index is 12.0. The van der Waals surface area contributed by atoms with E-state index < -0.39 is 0 Å². The predicted octanol–water partition coefficient (Wildman–Crippen LogP) is 3.86. The lowest BCUT2D eigenvalue weighted by atomic mass is 10.2. The van der Waals surface area contributed by atoms with Gasteiger partial charge in [0.05, 0.1) is 16.2 Å². The fourth-order valence-electron chi connectivity index (χ4n) is 2.57. The molecule has 1 aliphatic rings. The van der Waals surface area contributed by atoms with Crippen LogP contribution in [0.5, 0.6) is 23.1 Å². The average Bonchev–Trinajstić information content (AvgIpc) is 3.18. The molecule has 1 aromatic heterocycles. The molecule has 0 unspecified atom stereocenters. The van der Waals surface area contributed by atoms with Crippen molar-refractivity contribution in [2.45, 2.75) is 0 Å². The largest absolute Gasteiger partial charge is 0.454 e. The Bertz CT molecular complexity index is 1040. The summed E-state index contributed by atoms with van der Waals surface area (Å²) in [5.41, 5.74) is 1.14. The molecule has 4 rings (SSSR count). The highest BCUT2D eigenvalue weighted by Crippen LogP contribution is 2.35. The Kier molecular flexibility index (Phi) is 4.98. The number of aromatic nitrogens is 2. The number of carbonyl (C=O) groups excluding carboxylic acids is 1. The molecule has 0 atom stereocenters. The Morgan fingerprint density at radius 2 is 2.00 bits per heavy atom. The van der Waals surface area contributed by atoms with E-state index in [4.69, 9.17) is 14.2 Å². The number of amides is 1. The summed E-state index contributed by atoms with van der Waals surface area (Å²) in [6.07, 6.45) is 1.57. The molecular formula is C19H15BrN4O4. The minimum Gasteiger partial charge on any atom is -0.454 e. The van der Waals surface area contributed by atoms with Crippen LogP contribution in [0.1, 0.15) is 10.4 Å². The van der Waals surface area contributed by atoms with Crippen molar-refractivity contribution < 1.29 is 19.0 Å². The van der Waals surface area contributed by atoms with Crippen LogP contribution in [0, 0.1) is 0 Å². The molecule has 0 fully saturated rings. The van der Waals surface area contributed by atoms with Crippen LogP contribution in [0.15, 0.2) is 53.1 Å². The Balaban J connectivity index is 1.59. The molecule has 0 saturated heterocycles. The summed E-state index contributed by atoms with van der Waals surface area (Å²) in [4.78, 5) is 20.7. The summed E-state index contributed by atoms with van der Waals surface area (Å²) in [6, 6.07) is 12.4. The van der Waals surface area contributed by atoms with E-state index >= 15 is 0 Å². The third-order valence-corrected chi connectivity index (χ3v) is 4.45. The van der Waals surface area contributed by atoms with Crippen LogP contribution in [0.2, 0.25) is 0 Å². The number of hydrogen-bond donors (Lipinski definition) is 2. The van der Waals surface area contributed by atoms with Gasteiger partial charge >= 0.3 is 0 Å². The van der Waals surface area contributed by atoms with Gasteiger partial charge in [0.25, 0.3) is 5.91 Å². The number of carbonyl (C=O) groups is 1. The first-order valence-electron chi connectivity index (χ1n) is 8.32.